The second-order valence-electron chi connectivity index (χ2n) is 4.59. The molecule has 0 atom stereocenters. The minimum absolute atomic E-state index is 0.0415. The molecule has 2 aromatic rings. The van der Waals surface area contributed by atoms with Crippen LogP contribution >= 0.6 is 11.6 Å². The average molecular weight is 327 g/mol. The van der Waals surface area contributed by atoms with Crippen molar-refractivity contribution in [2.75, 3.05) is 16.3 Å². The number of hydrogen-bond acceptors (Lipinski definition) is 4. The van der Waals surface area contributed by atoms with Crippen LogP contribution in [0.2, 0.25) is 5.02 Å². The van der Waals surface area contributed by atoms with Crippen LogP contribution in [0.25, 0.3) is 0 Å². The molecule has 2 rings (SSSR count). The number of benzene rings is 2. The Kier molecular flexibility index (Phi) is 4.59. The number of halogens is 1. The molecule has 0 amide bonds. The second kappa shape index (κ2) is 6.24. The molecular formula is C14H15ClN2O3S. The van der Waals surface area contributed by atoms with E-state index in [1.165, 1.54) is 6.07 Å². The van der Waals surface area contributed by atoms with E-state index in [-0.39, 0.29) is 5.75 Å². The largest absolute Gasteiger partial charge is 0.506 e. The fourth-order valence-corrected chi connectivity index (χ4v) is 2.53. The van der Waals surface area contributed by atoms with Crippen LogP contribution in [0.1, 0.15) is 5.56 Å². The smallest absolute Gasteiger partial charge is 0.229 e. The Morgan fingerprint density at radius 1 is 1.14 bits per heavy atom. The summed E-state index contributed by atoms with van der Waals surface area (Å²) in [7, 11) is -3.29. The zero-order chi connectivity index (χ0) is 15.5. The lowest BCUT2D eigenvalue weighted by molar-refractivity contribution is 0.475. The van der Waals surface area contributed by atoms with E-state index in [0.29, 0.717) is 17.3 Å². The van der Waals surface area contributed by atoms with Gasteiger partial charge in [0.15, 0.2) is 0 Å². The van der Waals surface area contributed by atoms with Crippen molar-refractivity contribution in [2.45, 2.75) is 6.54 Å². The maximum absolute atomic E-state index is 11.2. The normalized spacial score (nSPS) is 11.1. The Morgan fingerprint density at radius 3 is 2.52 bits per heavy atom. The Labute approximate surface area is 128 Å². The molecular weight excluding hydrogens is 312 g/mol. The molecule has 0 aliphatic carbocycles. The number of phenolic OH excluding ortho intramolecular Hbond substituents is 1. The minimum Gasteiger partial charge on any atom is -0.506 e. The van der Waals surface area contributed by atoms with Gasteiger partial charge in [-0.1, -0.05) is 23.7 Å². The van der Waals surface area contributed by atoms with Gasteiger partial charge in [0.05, 0.1) is 17.0 Å². The molecule has 0 bridgehead atoms. The number of aromatic hydroxyl groups is 1. The van der Waals surface area contributed by atoms with Gasteiger partial charge in [0, 0.05) is 12.2 Å². The Morgan fingerprint density at radius 2 is 1.86 bits per heavy atom. The van der Waals surface area contributed by atoms with E-state index < -0.39 is 10.0 Å². The second-order valence-corrected chi connectivity index (χ2v) is 6.75. The molecule has 21 heavy (non-hydrogen) atoms. The minimum atomic E-state index is -3.29. The Hall–Kier alpha value is -1.92. The van der Waals surface area contributed by atoms with E-state index in [1.54, 1.807) is 30.3 Å². The van der Waals surface area contributed by atoms with Crippen LogP contribution in [-0.4, -0.2) is 19.8 Å². The third-order valence-corrected chi connectivity index (χ3v) is 3.58. The average Bonchev–Trinajstić information content (AvgIpc) is 2.39. The summed E-state index contributed by atoms with van der Waals surface area (Å²) in [5.41, 5.74) is 2.17. The summed E-state index contributed by atoms with van der Waals surface area (Å²) >= 11 is 5.84. The van der Waals surface area contributed by atoms with Crippen LogP contribution in [-0.2, 0) is 16.6 Å². The molecule has 3 N–H and O–H groups in total. The maximum atomic E-state index is 11.2. The van der Waals surface area contributed by atoms with E-state index in [2.05, 4.69) is 10.0 Å². The molecule has 0 aliphatic rings. The highest BCUT2D eigenvalue weighted by atomic mass is 35.5. The molecule has 0 unspecified atom stereocenters. The molecule has 0 aromatic heterocycles. The highest BCUT2D eigenvalue weighted by Gasteiger charge is 2.03. The highest BCUT2D eigenvalue weighted by Crippen LogP contribution is 2.24. The fraction of sp³-hybridized carbons (Fsp3) is 0.143. The van der Waals surface area contributed by atoms with E-state index in [0.717, 1.165) is 17.5 Å². The van der Waals surface area contributed by atoms with E-state index >= 15 is 0 Å². The van der Waals surface area contributed by atoms with Gasteiger partial charge in [-0.3, -0.25) is 4.72 Å². The molecule has 7 heteroatoms. The van der Waals surface area contributed by atoms with Gasteiger partial charge in [0.25, 0.3) is 0 Å². The summed E-state index contributed by atoms with van der Waals surface area (Å²) in [6.07, 6.45) is 1.10. The first-order valence-corrected chi connectivity index (χ1v) is 8.39. The van der Waals surface area contributed by atoms with Crippen LogP contribution in [0.5, 0.6) is 5.75 Å². The zero-order valence-corrected chi connectivity index (χ0v) is 12.9. The zero-order valence-electron chi connectivity index (χ0n) is 11.3. The molecule has 5 nitrogen and oxygen atoms in total. The van der Waals surface area contributed by atoms with E-state index in [4.69, 9.17) is 11.6 Å². The van der Waals surface area contributed by atoms with Gasteiger partial charge in [-0.2, -0.15) is 0 Å². The number of sulfonamides is 1. The molecule has 0 saturated heterocycles. The first-order chi connectivity index (χ1) is 9.83. The van der Waals surface area contributed by atoms with Gasteiger partial charge in [0.1, 0.15) is 5.75 Å². The number of anilines is 2. The molecule has 0 fully saturated rings. The molecule has 0 aliphatic heterocycles. The van der Waals surface area contributed by atoms with Crippen molar-refractivity contribution in [3.05, 3.63) is 53.1 Å². The first kappa shape index (κ1) is 15.5. The SMILES string of the molecule is CS(=O)(=O)Nc1cccc(NCc2ccc(O)c(Cl)c2)c1. The predicted molar refractivity (Wildman–Crippen MR) is 85.4 cm³/mol. The van der Waals surface area contributed by atoms with Crippen LogP contribution in [0.4, 0.5) is 11.4 Å². The van der Waals surface area contributed by atoms with Crippen molar-refractivity contribution in [1.82, 2.24) is 0 Å². The Balaban J connectivity index is 2.06. The lowest BCUT2D eigenvalue weighted by Crippen LogP contribution is -2.09. The molecule has 112 valence electrons. The van der Waals surface area contributed by atoms with E-state index in [1.807, 2.05) is 6.07 Å². The topological polar surface area (TPSA) is 78.4 Å². The number of nitrogens with one attached hydrogen (secondary N) is 2. The third kappa shape index (κ3) is 4.84. The molecule has 0 spiro atoms. The van der Waals surface area contributed by atoms with Crippen molar-refractivity contribution < 1.29 is 13.5 Å². The number of phenols is 1. The molecule has 0 heterocycles. The summed E-state index contributed by atoms with van der Waals surface area (Å²) in [4.78, 5) is 0. The van der Waals surface area contributed by atoms with Gasteiger partial charge in [0.2, 0.25) is 10.0 Å². The standard InChI is InChI=1S/C14H15ClN2O3S/c1-21(19,20)17-12-4-2-3-11(8-12)16-9-10-5-6-14(18)13(15)7-10/h2-8,16-18H,9H2,1H3. The molecule has 2 aromatic carbocycles. The van der Waals surface area contributed by atoms with Gasteiger partial charge >= 0.3 is 0 Å². The lowest BCUT2D eigenvalue weighted by atomic mass is 10.2. The first-order valence-electron chi connectivity index (χ1n) is 6.12. The van der Waals surface area contributed by atoms with Crippen molar-refractivity contribution in [2.24, 2.45) is 0 Å². The van der Waals surface area contributed by atoms with Gasteiger partial charge in [-0.05, 0) is 35.9 Å². The number of rotatable bonds is 5. The fourth-order valence-electron chi connectivity index (χ4n) is 1.77. The lowest BCUT2D eigenvalue weighted by Gasteiger charge is -2.10. The summed E-state index contributed by atoms with van der Waals surface area (Å²) in [5, 5.41) is 12.8. The van der Waals surface area contributed by atoms with Crippen LogP contribution in [0.15, 0.2) is 42.5 Å². The monoisotopic (exact) mass is 326 g/mol. The summed E-state index contributed by atoms with van der Waals surface area (Å²) < 4.78 is 24.8. The highest BCUT2D eigenvalue weighted by molar-refractivity contribution is 7.92. The third-order valence-electron chi connectivity index (χ3n) is 2.67. The van der Waals surface area contributed by atoms with Crippen LogP contribution in [0.3, 0.4) is 0 Å². The van der Waals surface area contributed by atoms with Gasteiger partial charge < -0.3 is 10.4 Å². The summed E-state index contributed by atoms with van der Waals surface area (Å²) in [6, 6.07) is 11.9. The van der Waals surface area contributed by atoms with Crippen molar-refractivity contribution >= 4 is 33.0 Å². The summed E-state index contributed by atoms with van der Waals surface area (Å²) in [6.45, 7) is 0.502. The molecule has 0 saturated carbocycles. The summed E-state index contributed by atoms with van der Waals surface area (Å²) in [5.74, 6) is 0.0415. The van der Waals surface area contributed by atoms with Gasteiger partial charge in [-0.25, -0.2) is 8.42 Å². The Bertz CT molecular complexity index is 748. The van der Waals surface area contributed by atoms with Gasteiger partial charge in [-0.15, -0.1) is 0 Å². The van der Waals surface area contributed by atoms with Crippen molar-refractivity contribution in [3.63, 3.8) is 0 Å². The number of hydrogen-bond donors (Lipinski definition) is 3. The molecule has 0 radical (unpaired) electrons. The quantitative estimate of drug-likeness (QED) is 0.789. The van der Waals surface area contributed by atoms with Crippen molar-refractivity contribution in [1.29, 1.82) is 0 Å². The predicted octanol–water partition coefficient (Wildman–Crippen LogP) is 3.03. The van der Waals surface area contributed by atoms with Crippen molar-refractivity contribution in [3.8, 4) is 5.75 Å². The maximum Gasteiger partial charge on any atom is 0.229 e. The van der Waals surface area contributed by atoms with Crippen LogP contribution < -0.4 is 10.0 Å². The van der Waals surface area contributed by atoms with Crippen LogP contribution in [0, 0.1) is 0 Å². The van der Waals surface area contributed by atoms with E-state index in [9.17, 15) is 13.5 Å².